The maximum Gasteiger partial charge on any atom is 0.414 e. The van der Waals surface area contributed by atoms with Crippen LogP contribution in [-0.4, -0.2) is 61.1 Å². The average Bonchev–Trinajstić information content (AvgIpc) is 3.39. The number of anilines is 1. The van der Waals surface area contributed by atoms with E-state index in [1.54, 1.807) is 24.5 Å². The summed E-state index contributed by atoms with van der Waals surface area (Å²) in [6, 6.07) is 7.42. The van der Waals surface area contributed by atoms with Gasteiger partial charge in [0.25, 0.3) is 0 Å². The Hall–Kier alpha value is -2.77. The second kappa shape index (κ2) is 8.05. The molecule has 31 heavy (non-hydrogen) atoms. The van der Waals surface area contributed by atoms with Crippen molar-refractivity contribution in [2.24, 2.45) is 0 Å². The van der Waals surface area contributed by atoms with Gasteiger partial charge >= 0.3 is 6.09 Å². The number of piperidine rings is 1. The van der Waals surface area contributed by atoms with E-state index in [1.807, 2.05) is 30.3 Å². The predicted molar refractivity (Wildman–Crippen MR) is 116 cm³/mol. The lowest BCUT2D eigenvalue weighted by molar-refractivity contribution is -0.00246. The van der Waals surface area contributed by atoms with Gasteiger partial charge in [-0.2, -0.15) is 0 Å². The molecule has 0 spiro atoms. The summed E-state index contributed by atoms with van der Waals surface area (Å²) in [5, 5.41) is 11.4. The Kier molecular flexibility index (Phi) is 5.24. The molecule has 4 aliphatic rings. The van der Waals surface area contributed by atoms with Crippen LogP contribution >= 0.6 is 0 Å². The number of amides is 1. The Morgan fingerprint density at radius 1 is 1.19 bits per heavy atom. The molecule has 7 nitrogen and oxygen atoms in total. The summed E-state index contributed by atoms with van der Waals surface area (Å²) < 4.78 is 16.1. The second-order valence-corrected chi connectivity index (χ2v) is 8.62. The van der Waals surface area contributed by atoms with Crippen molar-refractivity contribution < 1.29 is 24.1 Å². The summed E-state index contributed by atoms with van der Waals surface area (Å²) in [4.78, 5) is 16.3. The maximum atomic E-state index is 12.4. The first-order valence-electron chi connectivity index (χ1n) is 10.9. The van der Waals surface area contributed by atoms with E-state index in [0.29, 0.717) is 25.9 Å². The quantitative estimate of drug-likeness (QED) is 0.782. The Morgan fingerprint density at radius 2 is 1.97 bits per heavy atom. The number of carbonyl (C=O) groups excluding carboxylic acids is 1. The smallest absolute Gasteiger partial charge is 0.414 e. The van der Waals surface area contributed by atoms with E-state index < -0.39 is 5.60 Å². The molecule has 164 valence electrons. The van der Waals surface area contributed by atoms with Crippen LogP contribution in [0.2, 0.25) is 0 Å². The first-order chi connectivity index (χ1) is 15.1. The molecule has 2 saturated heterocycles. The second-order valence-electron chi connectivity index (χ2n) is 8.62. The Labute approximate surface area is 182 Å². The number of ether oxygens (including phenoxy) is 3. The number of hydrogen-bond donors (Lipinski definition) is 1. The molecule has 1 aliphatic carbocycles. The fraction of sp³-hybridized carbons (Fsp3) is 0.458. The first kappa shape index (κ1) is 20.2. The van der Waals surface area contributed by atoms with E-state index >= 15 is 0 Å². The third-order valence-corrected chi connectivity index (χ3v) is 6.80. The lowest BCUT2D eigenvalue weighted by Crippen LogP contribution is -2.48. The molecule has 3 heterocycles. The van der Waals surface area contributed by atoms with Gasteiger partial charge in [0.1, 0.15) is 11.9 Å². The van der Waals surface area contributed by atoms with Crippen molar-refractivity contribution in [3.63, 3.8) is 0 Å². The van der Waals surface area contributed by atoms with Crippen molar-refractivity contribution in [3.05, 3.63) is 59.6 Å². The third kappa shape index (κ3) is 3.83. The molecule has 0 saturated carbocycles. The fourth-order valence-corrected chi connectivity index (χ4v) is 5.05. The molecule has 1 unspecified atom stereocenters. The van der Waals surface area contributed by atoms with Crippen molar-refractivity contribution in [1.29, 1.82) is 0 Å². The molecule has 0 bridgehead atoms. The number of allylic oxidation sites excluding steroid dienone is 3. The molecular weight excluding hydrogens is 396 g/mol. The number of nitrogens with zero attached hydrogens (tertiary/aromatic N) is 2. The molecule has 2 fully saturated rings. The van der Waals surface area contributed by atoms with Crippen LogP contribution in [0.3, 0.4) is 0 Å². The number of cyclic esters (lactones) is 1. The molecule has 0 radical (unpaired) electrons. The minimum atomic E-state index is -0.759. The summed E-state index contributed by atoms with van der Waals surface area (Å²) in [5.74, 6) is 0.755. The highest BCUT2D eigenvalue weighted by Gasteiger charge is 2.41. The van der Waals surface area contributed by atoms with Gasteiger partial charge < -0.3 is 19.3 Å². The summed E-state index contributed by atoms with van der Waals surface area (Å²) >= 11 is 0. The van der Waals surface area contributed by atoms with Crippen LogP contribution in [0.5, 0.6) is 5.75 Å². The Bertz CT molecular complexity index is 941. The number of benzene rings is 1. The van der Waals surface area contributed by atoms with Gasteiger partial charge in [0.15, 0.2) is 0 Å². The van der Waals surface area contributed by atoms with E-state index in [2.05, 4.69) is 4.90 Å². The average molecular weight is 424 g/mol. The SMILES string of the molecule is COc1ccc(N2CC(CN3CCC(O)(C4=C5C=COC=C5CC4)CC3)OC2=O)cc1. The molecule has 1 N–H and O–H groups in total. The fourth-order valence-electron chi connectivity index (χ4n) is 5.05. The summed E-state index contributed by atoms with van der Waals surface area (Å²) in [6.07, 6.45) is 8.17. The highest BCUT2D eigenvalue weighted by Crippen LogP contribution is 2.43. The van der Waals surface area contributed by atoms with E-state index in [9.17, 15) is 9.90 Å². The van der Waals surface area contributed by atoms with Crippen molar-refractivity contribution in [3.8, 4) is 5.75 Å². The van der Waals surface area contributed by atoms with E-state index in [-0.39, 0.29) is 12.2 Å². The summed E-state index contributed by atoms with van der Waals surface area (Å²) in [7, 11) is 1.62. The van der Waals surface area contributed by atoms with Gasteiger partial charge in [0, 0.05) is 25.3 Å². The largest absolute Gasteiger partial charge is 0.497 e. The topological polar surface area (TPSA) is 71.5 Å². The van der Waals surface area contributed by atoms with Crippen LogP contribution in [0.4, 0.5) is 10.5 Å². The molecule has 1 aromatic carbocycles. The lowest BCUT2D eigenvalue weighted by Gasteiger charge is -2.40. The minimum absolute atomic E-state index is 0.178. The van der Waals surface area contributed by atoms with Crippen LogP contribution in [0.25, 0.3) is 0 Å². The van der Waals surface area contributed by atoms with Gasteiger partial charge in [-0.3, -0.25) is 9.80 Å². The van der Waals surface area contributed by atoms with Crippen LogP contribution in [0.15, 0.2) is 59.6 Å². The van der Waals surface area contributed by atoms with Crippen LogP contribution in [0.1, 0.15) is 25.7 Å². The zero-order valence-corrected chi connectivity index (χ0v) is 17.8. The molecule has 1 atom stereocenters. The van der Waals surface area contributed by atoms with Gasteiger partial charge in [-0.1, -0.05) is 0 Å². The molecule has 3 aliphatic heterocycles. The Balaban J connectivity index is 1.18. The molecule has 5 rings (SSSR count). The van der Waals surface area contributed by atoms with Gasteiger partial charge in [0.2, 0.25) is 0 Å². The standard InChI is InChI=1S/C24H28N2O5/c1-29-19-5-3-18(4-6-19)26-15-20(31-23(26)27)14-25-11-9-24(28,10-12-25)22-7-2-17-16-30-13-8-21(17)22/h3-6,8,13,16,20,28H,2,7,9-12,14-15H2,1H3. The maximum absolute atomic E-state index is 12.4. The monoisotopic (exact) mass is 424 g/mol. The minimum Gasteiger partial charge on any atom is -0.497 e. The van der Waals surface area contributed by atoms with Crippen LogP contribution < -0.4 is 9.64 Å². The first-order valence-corrected chi connectivity index (χ1v) is 10.9. The Morgan fingerprint density at radius 3 is 2.71 bits per heavy atom. The van der Waals surface area contributed by atoms with Crippen molar-refractivity contribution in [1.82, 2.24) is 4.90 Å². The number of likely N-dealkylation sites (tertiary alicyclic amines) is 1. The highest BCUT2D eigenvalue weighted by molar-refractivity contribution is 5.89. The zero-order valence-electron chi connectivity index (χ0n) is 17.8. The van der Waals surface area contributed by atoms with Gasteiger partial charge in [0.05, 0.1) is 31.8 Å². The van der Waals surface area contributed by atoms with Crippen LogP contribution in [0, 0.1) is 0 Å². The van der Waals surface area contributed by atoms with Crippen molar-refractivity contribution in [2.75, 3.05) is 38.2 Å². The molecule has 1 aromatic rings. The number of aliphatic hydroxyl groups is 1. The summed E-state index contributed by atoms with van der Waals surface area (Å²) in [5.41, 5.74) is 3.54. The third-order valence-electron chi connectivity index (χ3n) is 6.80. The van der Waals surface area contributed by atoms with E-state index in [0.717, 1.165) is 48.5 Å². The van der Waals surface area contributed by atoms with Crippen molar-refractivity contribution >= 4 is 11.8 Å². The predicted octanol–water partition coefficient (Wildman–Crippen LogP) is 3.37. The lowest BCUT2D eigenvalue weighted by atomic mass is 9.81. The number of hydrogen-bond acceptors (Lipinski definition) is 6. The van der Waals surface area contributed by atoms with Crippen LogP contribution in [-0.2, 0) is 9.47 Å². The normalized spacial score (nSPS) is 25.2. The molecule has 0 aromatic heterocycles. The highest BCUT2D eigenvalue weighted by atomic mass is 16.6. The van der Waals surface area contributed by atoms with Gasteiger partial charge in [-0.25, -0.2) is 4.79 Å². The summed E-state index contributed by atoms with van der Waals surface area (Å²) in [6.45, 7) is 2.77. The molecule has 1 amide bonds. The number of methoxy groups -OCH3 is 1. The molecule has 7 heteroatoms. The number of fused-ring (bicyclic) bond motifs is 1. The zero-order chi connectivity index (χ0) is 21.4. The van der Waals surface area contributed by atoms with E-state index in [4.69, 9.17) is 14.2 Å². The van der Waals surface area contributed by atoms with Gasteiger partial charge in [-0.15, -0.1) is 0 Å². The number of carbonyl (C=O) groups is 1. The number of rotatable bonds is 5. The van der Waals surface area contributed by atoms with E-state index in [1.165, 1.54) is 5.57 Å². The van der Waals surface area contributed by atoms with Gasteiger partial charge in [-0.05, 0) is 72.7 Å². The molecular formula is C24H28N2O5. The van der Waals surface area contributed by atoms with Crippen molar-refractivity contribution in [2.45, 2.75) is 37.4 Å².